The first-order valence-electron chi connectivity index (χ1n) is 3.25. The van der Waals surface area contributed by atoms with Crippen LogP contribution in [0.5, 0.6) is 0 Å². The zero-order chi connectivity index (χ0) is 10.0. The Morgan fingerprint density at radius 2 is 1.92 bits per heavy atom. The van der Waals surface area contributed by atoms with Gasteiger partial charge < -0.3 is 0 Å². The second-order valence-electron chi connectivity index (χ2n) is 2.25. The Kier molecular flexibility index (Phi) is 4.25. The van der Waals surface area contributed by atoms with E-state index >= 15 is 0 Å². The lowest BCUT2D eigenvalue weighted by molar-refractivity contribution is 0.150. The SMILES string of the molecule is FC(F)c1cc(CBr)c(Br)nc1Br. The van der Waals surface area contributed by atoms with Crippen molar-refractivity contribution in [2.75, 3.05) is 0 Å². The van der Waals surface area contributed by atoms with Gasteiger partial charge in [0.05, 0.1) is 5.56 Å². The minimum Gasteiger partial charge on any atom is -0.233 e. The van der Waals surface area contributed by atoms with Gasteiger partial charge in [-0.1, -0.05) is 15.9 Å². The van der Waals surface area contributed by atoms with E-state index in [9.17, 15) is 8.78 Å². The summed E-state index contributed by atoms with van der Waals surface area (Å²) in [6.07, 6.45) is -2.51. The quantitative estimate of drug-likeness (QED) is 0.547. The average Bonchev–Trinajstić information content (AvgIpc) is 2.03. The maximum absolute atomic E-state index is 12.4. The number of hydrogen-bond donors (Lipinski definition) is 0. The van der Waals surface area contributed by atoms with Crippen molar-refractivity contribution < 1.29 is 8.78 Å². The van der Waals surface area contributed by atoms with Gasteiger partial charge in [0.25, 0.3) is 6.43 Å². The van der Waals surface area contributed by atoms with Gasteiger partial charge in [-0.15, -0.1) is 0 Å². The third-order valence-electron chi connectivity index (χ3n) is 1.41. The van der Waals surface area contributed by atoms with Crippen LogP contribution in [0.15, 0.2) is 15.3 Å². The molecule has 1 rings (SSSR count). The zero-order valence-corrected chi connectivity index (χ0v) is 11.0. The lowest BCUT2D eigenvalue weighted by Crippen LogP contribution is -1.94. The van der Waals surface area contributed by atoms with Gasteiger partial charge in [-0.3, -0.25) is 0 Å². The molecule has 0 atom stereocenters. The molecule has 0 aliphatic rings. The van der Waals surface area contributed by atoms with Crippen molar-refractivity contribution in [3.05, 3.63) is 26.4 Å². The molecule has 0 spiro atoms. The molecule has 0 unspecified atom stereocenters. The summed E-state index contributed by atoms with van der Waals surface area (Å²) in [6.45, 7) is 0. The molecule has 1 aromatic heterocycles. The summed E-state index contributed by atoms with van der Waals surface area (Å²) in [4.78, 5) is 3.89. The van der Waals surface area contributed by atoms with Crippen LogP contribution in [-0.4, -0.2) is 4.98 Å². The Morgan fingerprint density at radius 1 is 1.31 bits per heavy atom. The monoisotopic (exact) mass is 377 g/mol. The molecule has 1 aromatic rings. The molecule has 0 aliphatic carbocycles. The van der Waals surface area contributed by atoms with Crippen molar-refractivity contribution in [3.63, 3.8) is 0 Å². The highest BCUT2D eigenvalue weighted by Crippen LogP contribution is 2.30. The van der Waals surface area contributed by atoms with Gasteiger partial charge in [-0.05, 0) is 43.5 Å². The summed E-state index contributed by atoms with van der Waals surface area (Å²) < 4.78 is 25.5. The van der Waals surface area contributed by atoms with E-state index in [4.69, 9.17) is 0 Å². The van der Waals surface area contributed by atoms with Crippen LogP contribution < -0.4 is 0 Å². The van der Waals surface area contributed by atoms with E-state index in [1.54, 1.807) is 0 Å². The van der Waals surface area contributed by atoms with E-state index < -0.39 is 6.43 Å². The largest absolute Gasteiger partial charge is 0.266 e. The van der Waals surface area contributed by atoms with Crippen molar-refractivity contribution in [1.82, 2.24) is 4.98 Å². The van der Waals surface area contributed by atoms with Crippen LogP contribution in [0.3, 0.4) is 0 Å². The van der Waals surface area contributed by atoms with Crippen LogP contribution in [0.1, 0.15) is 17.6 Å². The Bertz CT molecular complexity index is 317. The lowest BCUT2D eigenvalue weighted by atomic mass is 10.2. The molecular weight excluding hydrogens is 376 g/mol. The van der Waals surface area contributed by atoms with Gasteiger partial charge in [0.15, 0.2) is 0 Å². The van der Waals surface area contributed by atoms with Gasteiger partial charge in [0, 0.05) is 5.33 Å². The Morgan fingerprint density at radius 3 is 2.38 bits per heavy atom. The van der Waals surface area contributed by atoms with Gasteiger partial charge in [-0.25, -0.2) is 13.8 Å². The molecule has 0 aromatic carbocycles. The number of pyridine rings is 1. The number of halogens is 5. The number of aromatic nitrogens is 1. The number of rotatable bonds is 2. The Hall–Kier alpha value is 0.450. The summed E-state index contributed by atoms with van der Waals surface area (Å²) in [5, 5.41) is 0.494. The van der Waals surface area contributed by atoms with Crippen LogP contribution in [0.25, 0.3) is 0 Å². The van der Waals surface area contributed by atoms with E-state index in [1.807, 2.05) is 0 Å². The van der Waals surface area contributed by atoms with E-state index in [-0.39, 0.29) is 10.2 Å². The molecule has 6 heteroatoms. The minimum atomic E-state index is -2.51. The zero-order valence-electron chi connectivity index (χ0n) is 6.20. The van der Waals surface area contributed by atoms with Gasteiger partial charge >= 0.3 is 0 Å². The van der Waals surface area contributed by atoms with E-state index in [1.165, 1.54) is 6.07 Å². The predicted octanol–water partition coefficient (Wildman–Crippen LogP) is 4.44. The third-order valence-corrected chi connectivity index (χ3v) is 3.33. The molecule has 72 valence electrons. The smallest absolute Gasteiger partial charge is 0.233 e. The fourth-order valence-electron chi connectivity index (χ4n) is 0.776. The fraction of sp³-hybridized carbons (Fsp3) is 0.286. The van der Waals surface area contributed by atoms with Crippen molar-refractivity contribution in [2.45, 2.75) is 11.8 Å². The topological polar surface area (TPSA) is 12.9 Å². The summed E-state index contributed by atoms with van der Waals surface area (Å²) >= 11 is 9.34. The fourth-order valence-corrected chi connectivity index (χ4v) is 2.71. The number of hydrogen-bond acceptors (Lipinski definition) is 1. The van der Waals surface area contributed by atoms with E-state index in [0.717, 1.165) is 0 Å². The normalized spacial score (nSPS) is 10.9. The third kappa shape index (κ3) is 2.70. The van der Waals surface area contributed by atoms with Crippen LogP contribution >= 0.6 is 47.8 Å². The summed E-state index contributed by atoms with van der Waals surface area (Å²) in [5.41, 5.74) is 0.621. The molecule has 0 saturated heterocycles. The first-order chi connectivity index (χ1) is 6.06. The van der Waals surface area contributed by atoms with Crippen LogP contribution in [0.4, 0.5) is 8.78 Å². The highest BCUT2D eigenvalue weighted by atomic mass is 79.9. The molecule has 0 N–H and O–H groups in total. The van der Waals surface area contributed by atoms with Gasteiger partial charge in [-0.2, -0.15) is 0 Å². The molecule has 1 nitrogen and oxygen atoms in total. The Labute approximate surface area is 99.3 Å². The summed E-state index contributed by atoms with van der Waals surface area (Å²) in [6, 6.07) is 1.42. The maximum atomic E-state index is 12.4. The lowest BCUT2D eigenvalue weighted by Gasteiger charge is -2.06. The van der Waals surface area contributed by atoms with Crippen LogP contribution in [-0.2, 0) is 5.33 Å². The van der Waals surface area contributed by atoms with Crippen molar-refractivity contribution in [3.8, 4) is 0 Å². The number of alkyl halides is 3. The summed E-state index contributed by atoms with van der Waals surface area (Å²) in [5.74, 6) is 0. The van der Waals surface area contributed by atoms with Crippen LogP contribution in [0.2, 0.25) is 0 Å². The molecule has 1 heterocycles. The molecule has 0 amide bonds. The molecule has 13 heavy (non-hydrogen) atoms. The van der Waals surface area contributed by atoms with Gasteiger partial charge in [0.2, 0.25) is 0 Å². The maximum Gasteiger partial charge on any atom is 0.266 e. The molecule has 0 saturated carbocycles. The molecular formula is C7H4Br3F2N. The first-order valence-corrected chi connectivity index (χ1v) is 5.96. The second kappa shape index (κ2) is 4.79. The summed E-state index contributed by atoms with van der Waals surface area (Å²) in [7, 11) is 0. The van der Waals surface area contributed by atoms with Crippen molar-refractivity contribution in [2.24, 2.45) is 0 Å². The molecule has 0 bridgehead atoms. The predicted molar refractivity (Wildman–Crippen MR) is 57.2 cm³/mol. The first kappa shape index (κ1) is 11.5. The highest BCUT2D eigenvalue weighted by Gasteiger charge is 2.15. The number of nitrogens with zero attached hydrogens (tertiary/aromatic N) is 1. The van der Waals surface area contributed by atoms with Crippen molar-refractivity contribution in [1.29, 1.82) is 0 Å². The molecule has 0 aliphatic heterocycles. The minimum absolute atomic E-state index is 0.0855. The Balaban J connectivity index is 3.22. The second-order valence-corrected chi connectivity index (χ2v) is 4.32. The van der Waals surface area contributed by atoms with E-state index in [2.05, 4.69) is 52.8 Å². The molecule has 0 fully saturated rings. The molecule has 0 radical (unpaired) electrons. The van der Waals surface area contributed by atoms with Crippen LogP contribution in [0, 0.1) is 0 Å². The average molecular weight is 380 g/mol. The van der Waals surface area contributed by atoms with E-state index in [0.29, 0.717) is 15.5 Å². The standard InChI is InChI=1S/C7H4Br3F2N/c8-2-3-1-4(7(11)12)6(10)13-5(3)9/h1,7H,2H2. The van der Waals surface area contributed by atoms with Crippen molar-refractivity contribution >= 4 is 47.8 Å². The highest BCUT2D eigenvalue weighted by molar-refractivity contribution is 9.11. The van der Waals surface area contributed by atoms with Gasteiger partial charge in [0.1, 0.15) is 9.21 Å².